The lowest BCUT2D eigenvalue weighted by Crippen LogP contribution is -2.20. The van der Waals surface area contributed by atoms with E-state index < -0.39 is 5.97 Å². The van der Waals surface area contributed by atoms with E-state index in [4.69, 9.17) is 9.84 Å². The summed E-state index contributed by atoms with van der Waals surface area (Å²) in [6, 6.07) is 4.74. The molecule has 100 valence electrons. The number of hydrogen-bond donors (Lipinski definition) is 1. The van der Waals surface area contributed by atoms with Gasteiger partial charge < -0.3 is 14.7 Å². The summed E-state index contributed by atoms with van der Waals surface area (Å²) >= 11 is 0. The summed E-state index contributed by atoms with van der Waals surface area (Å²) in [5.41, 5.74) is 0.577. The fourth-order valence-corrected chi connectivity index (χ4v) is 1.65. The van der Waals surface area contributed by atoms with Gasteiger partial charge in [0.15, 0.2) is 0 Å². The number of carboxylic acid groups (broad SMARTS) is 1. The lowest BCUT2D eigenvalue weighted by Gasteiger charge is -2.16. The molecule has 0 unspecified atom stereocenters. The standard InChI is InChI=1S/C13H18FNO3/c1-15(7-3-4-13(16)17)9-10-5-6-11(18-2)8-12(10)14/h5-6,8H,3-4,7,9H2,1-2H3,(H,16,17). The fourth-order valence-electron chi connectivity index (χ4n) is 1.65. The molecule has 0 fully saturated rings. The van der Waals surface area contributed by atoms with Crippen molar-refractivity contribution in [3.63, 3.8) is 0 Å². The van der Waals surface area contributed by atoms with Crippen LogP contribution in [0.3, 0.4) is 0 Å². The first-order valence-corrected chi connectivity index (χ1v) is 5.75. The zero-order valence-electron chi connectivity index (χ0n) is 10.6. The topological polar surface area (TPSA) is 49.8 Å². The third-order valence-corrected chi connectivity index (χ3v) is 2.63. The van der Waals surface area contributed by atoms with Crippen LogP contribution in [0.2, 0.25) is 0 Å². The van der Waals surface area contributed by atoms with Crippen LogP contribution in [-0.4, -0.2) is 36.7 Å². The fraction of sp³-hybridized carbons (Fsp3) is 0.462. The summed E-state index contributed by atoms with van der Waals surface area (Å²) in [6.45, 7) is 1.08. The molecule has 0 radical (unpaired) electrons. The first-order chi connectivity index (χ1) is 8.52. The summed E-state index contributed by atoms with van der Waals surface area (Å²) in [5, 5.41) is 8.53. The number of aliphatic carboxylic acids is 1. The average Bonchev–Trinajstić information content (AvgIpc) is 2.31. The maximum Gasteiger partial charge on any atom is 0.303 e. The van der Waals surface area contributed by atoms with Gasteiger partial charge in [0.25, 0.3) is 0 Å². The zero-order valence-corrected chi connectivity index (χ0v) is 10.6. The number of nitrogens with zero attached hydrogens (tertiary/aromatic N) is 1. The van der Waals surface area contributed by atoms with Crippen LogP contribution in [0.1, 0.15) is 18.4 Å². The number of hydrogen-bond acceptors (Lipinski definition) is 3. The van der Waals surface area contributed by atoms with Crippen LogP contribution in [0.5, 0.6) is 5.75 Å². The Morgan fingerprint density at radius 2 is 2.22 bits per heavy atom. The lowest BCUT2D eigenvalue weighted by molar-refractivity contribution is -0.137. The van der Waals surface area contributed by atoms with Gasteiger partial charge in [-0.25, -0.2) is 4.39 Å². The van der Waals surface area contributed by atoms with Gasteiger partial charge in [-0.15, -0.1) is 0 Å². The molecule has 0 aliphatic carbocycles. The van der Waals surface area contributed by atoms with Gasteiger partial charge in [0.05, 0.1) is 7.11 Å². The molecule has 0 amide bonds. The van der Waals surface area contributed by atoms with Crippen molar-refractivity contribution < 1.29 is 19.0 Å². The number of methoxy groups -OCH3 is 1. The number of benzene rings is 1. The molecule has 0 heterocycles. The summed E-state index contributed by atoms with van der Waals surface area (Å²) < 4.78 is 18.6. The molecule has 0 bridgehead atoms. The highest BCUT2D eigenvalue weighted by Crippen LogP contribution is 2.17. The molecule has 5 heteroatoms. The first-order valence-electron chi connectivity index (χ1n) is 5.75. The predicted molar refractivity (Wildman–Crippen MR) is 66.2 cm³/mol. The molecule has 0 spiro atoms. The smallest absolute Gasteiger partial charge is 0.303 e. The van der Waals surface area contributed by atoms with Crippen molar-refractivity contribution >= 4 is 5.97 Å². The van der Waals surface area contributed by atoms with Gasteiger partial charge in [-0.2, -0.15) is 0 Å². The molecule has 4 nitrogen and oxygen atoms in total. The average molecular weight is 255 g/mol. The number of carboxylic acids is 1. The van der Waals surface area contributed by atoms with E-state index in [-0.39, 0.29) is 12.2 Å². The van der Waals surface area contributed by atoms with E-state index in [1.54, 1.807) is 12.1 Å². The molecule has 18 heavy (non-hydrogen) atoms. The van der Waals surface area contributed by atoms with E-state index in [0.29, 0.717) is 30.8 Å². The summed E-state index contributed by atoms with van der Waals surface area (Å²) in [5.74, 6) is -0.622. The summed E-state index contributed by atoms with van der Waals surface area (Å²) in [6.07, 6.45) is 0.693. The Morgan fingerprint density at radius 3 is 2.78 bits per heavy atom. The van der Waals surface area contributed by atoms with Crippen LogP contribution in [0.15, 0.2) is 18.2 Å². The van der Waals surface area contributed by atoms with Crippen molar-refractivity contribution in [2.75, 3.05) is 20.7 Å². The summed E-state index contributed by atoms with van der Waals surface area (Å²) in [7, 11) is 3.33. The Balaban J connectivity index is 2.48. The van der Waals surface area contributed by atoms with Crippen LogP contribution in [0, 0.1) is 5.82 Å². The van der Waals surface area contributed by atoms with Crippen LogP contribution in [0.4, 0.5) is 4.39 Å². The molecule has 1 rings (SSSR count). The van der Waals surface area contributed by atoms with Crippen LogP contribution >= 0.6 is 0 Å². The van der Waals surface area contributed by atoms with Crippen LogP contribution in [-0.2, 0) is 11.3 Å². The van der Waals surface area contributed by atoms with Gasteiger partial charge in [-0.1, -0.05) is 6.07 Å². The monoisotopic (exact) mass is 255 g/mol. The van der Waals surface area contributed by atoms with E-state index in [9.17, 15) is 9.18 Å². The molecule has 0 saturated heterocycles. The molecule has 0 aliphatic rings. The molecule has 1 aromatic carbocycles. The third kappa shape index (κ3) is 4.71. The van der Waals surface area contributed by atoms with Crippen molar-refractivity contribution in [2.24, 2.45) is 0 Å². The first kappa shape index (κ1) is 14.4. The quantitative estimate of drug-likeness (QED) is 0.811. The van der Waals surface area contributed by atoms with Crippen LogP contribution in [0.25, 0.3) is 0 Å². The minimum absolute atomic E-state index is 0.134. The SMILES string of the molecule is COc1ccc(CN(C)CCCC(=O)O)c(F)c1. The van der Waals surface area contributed by atoms with Crippen molar-refractivity contribution in [3.8, 4) is 5.75 Å². The molecule has 0 aromatic heterocycles. The van der Waals surface area contributed by atoms with E-state index in [0.717, 1.165) is 0 Å². The number of halogens is 1. The van der Waals surface area contributed by atoms with Crippen molar-refractivity contribution in [1.29, 1.82) is 0 Å². The van der Waals surface area contributed by atoms with Gasteiger partial charge in [-0.3, -0.25) is 4.79 Å². The molecule has 0 atom stereocenters. The van der Waals surface area contributed by atoms with Crippen LogP contribution < -0.4 is 4.74 Å². The minimum Gasteiger partial charge on any atom is -0.497 e. The van der Waals surface area contributed by atoms with E-state index >= 15 is 0 Å². The minimum atomic E-state index is -0.806. The van der Waals surface area contributed by atoms with E-state index in [2.05, 4.69) is 0 Å². The Kier molecular flexibility index (Phi) is 5.58. The number of carbonyl (C=O) groups is 1. The van der Waals surface area contributed by atoms with Gasteiger partial charge in [0.1, 0.15) is 11.6 Å². The molecule has 1 N–H and O–H groups in total. The van der Waals surface area contributed by atoms with Crippen molar-refractivity contribution in [3.05, 3.63) is 29.6 Å². The number of rotatable bonds is 7. The Hall–Kier alpha value is -1.62. The highest BCUT2D eigenvalue weighted by Gasteiger charge is 2.07. The normalized spacial score (nSPS) is 10.7. The highest BCUT2D eigenvalue weighted by molar-refractivity contribution is 5.66. The van der Waals surface area contributed by atoms with Gasteiger partial charge >= 0.3 is 5.97 Å². The maximum atomic E-state index is 13.6. The molecule has 1 aromatic rings. The zero-order chi connectivity index (χ0) is 13.5. The van der Waals surface area contributed by atoms with Gasteiger partial charge in [-0.05, 0) is 26.1 Å². The van der Waals surface area contributed by atoms with Gasteiger partial charge in [0.2, 0.25) is 0 Å². The largest absolute Gasteiger partial charge is 0.497 e. The van der Waals surface area contributed by atoms with Gasteiger partial charge in [0, 0.05) is 24.6 Å². The second-order valence-electron chi connectivity index (χ2n) is 4.19. The Labute approximate surface area is 106 Å². The van der Waals surface area contributed by atoms with E-state index in [1.807, 2.05) is 11.9 Å². The molecule has 0 aliphatic heterocycles. The Bertz CT molecular complexity index is 409. The van der Waals surface area contributed by atoms with Crippen molar-refractivity contribution in [1.82, 2.24) is 4.90 Å². The third-order valence-electron chi connectivity index (χ3n) is 2.63. The molecule has 0 saturated carbocycles. The van der Waals surface area contributed by atoms with Crippen molar-refractivity contribution in [2.45, 2.75) is 19.4 Å². The second-order valence-corrected chi connectivity index (χ2v) is 4.19. The number of ether oxygens (including phenoxy) is 1. The highest BCUT2D eigenvalue weighted by atomic mass is 19.1. The van der Waals surface area contributed by atoms with E-state index in [1.165, 1.54) is 13.2 Å². The predicted octanol–water partition coefficient (Wildman–Crippen LogP) is 2.13. The Morgan fingerprint density at radius 1 is 1.50 bits per heavy atom. The molecular weight excluding hydrogens is 237 g/mol. The maximum absolute atomic E-state index is 13.6. The second kappa shape index (κ2) is 6.96. The molecular formula is C13H18FNO3. The summed E-state index contributed by atoms with van der Waals surface area (Å²) in [4.78, 5) is 12.3. The lowest BCUT2D eigenvalue weighted by atomic mass is 10.2.